The molecule has 0 saturated heterocycles. The molecule has 0 unspecified atom stereocenters. The van der Waals surface area contributed by atoms with E-state index in [9.17, 15) is 17.6 Å². The lowest BCUT2D eigenvalue weighted by Crippen LogP contribution is -2.36. The number of nitrogens with zero attached hydrogens (tertiary/aromatic N) is 1. The lowest BCUT2D eigenvalue weighted by molar-refractivity contribution is -0.122. The summed E-state index contributed by atoms with van der Waals surface area (Å²) in [6.45, 7) is 5.84. The normalized spacial score (nSPS) is 17.1. The van der Waals surface area contributed by atoms with E-state index in [0.29, 0.717) is 17.5 Å². The van der Waals surface area contributed by atoms with Gasteiger partial charge in [0.05, 0.1) is 4.90 Å². The number of amides is 1. The number of sulfonamides is 1. The Morgan fingerprint density at radius 1 is 1.21 bits per heavy atom. The van der Waals surface area contributed by atoms with Crippen LogP contribution in [0.4, 0.5) is 4.39 Å². The minimum atomic E-state index is -3.67. The molecule has 0 radical (unpaired) electrons. The molecular formula is C21H24FN3O3S. The number of hydrogen-bond acceptors (Lipinski definition) is 4. The van der Waals surface area contributed by atoms with Gasteiger partial charge < -0.3 is 5.32 Å². The lowest BCUT2D eigenvalue weighted by atomic mass is 10.0. The molecule has 0 bridgehead atoms. The smallest absolute Gasteiger partial charge is 0.263 e. The van der Waals surface area contributed by atoms with Gasteiger partial charge >= 0.3 is 0 Å². The van der Waals surface area contributed by atoms with E-state index in [4.69, 9.17) is 0 Å². The Hall–Kier alpha value is -2.74. The highest BCUT2D eigenvalue weighted by Crippen LogP contribution is 2.23. The first-order valence-corrected chi connectivity index (χ1v) is 10.9. The zero-order valence-electron chi connectivity index (χ0n) is 16.6. The summed E-state index contributed by atoms with van der Waals surface area (Å²) >= 11 is 0. The predicted octanol–water partition coefficient (Wildman–Crippen LogP) is 2.90. The molecule has 2 aromatic carbocycles. The van der Waals surface area contributed by atoms with E-state index in [-0.39, 0.29) is 34.9 Å². The summed E-state index contributed by atoms with van der Waals surface area (Å²) < 4.78 is 40.4. The second kappa shape index (κ2) is 8.32. The monoisotopic (exact) mass is 417 g/mol. The van der Waals surface area contributed by atoms with Crippen LogP contribution in [0.3, 0.4) is 0 Å². The molecule has 8 heteroatoms. The molecule has 1 amide bonds. The first kappa shape index (κ1) is 21.0. The largest absolute Gasteiger partial charge is 0.350 e. The van der Waals surface area contributed by atoms with Crippen molar-refractivity contribution in [2.45, 2.75) is 44.7 Å². The fourth-order valence-electron chi connectivity index (χ4n) is 3.17. The Kier molecular flexibility index (Phi) is 6.02. The van der Waals surface area contributed by atoms with E-state index in [1.165, 1.54) is 12.1 Å². The zero-order valence-corrected chi connectivity index (χ0v) is 17.4. The predicted molar refractivity (Wildman–Crippen MR) is 110 cm³/mol. The highest BCUT2D eigenvalue weighted by Gasteiger charge is 2.32. The van der Waals surface area contributed by atoms with Gasteiger partial charge in [0.2, 0.25) is 5.91 Å². The molecule has 0 fully saturated rings. The van der Waals surface area contributed by atoms with Crippen LogP contribution in [0.1, 0.15) is 37.0 Å². The third kappa shape index (κ3) is 4.82. The number of amidine groups is 1. The Balaban J connectivity index is 1.82. The summed E-state index contributed by atoms with van der Waals surface area (Å²) in [5, 5.41) is 2.82. The Morgan fingerprint density at radius 3 is 2.62 bits per heavy atom. The van der Waals surface area contributed by atoms with Crippen molar-refractivity contribution in [3.63, 3.8) is 0 Å². The number of fused-ring (bicyclic) bond motifs is 1. The number of aliphatic imine (C=N–C) groups is 1. The number of carbonyl (C=O) groups excluding carboxylic acids is 1. The van der Waals surface area contributed by atoms with Crippen molar-refractivity contribution in [3.8, 4) is 0 Å². The van der Waals surface area contributed by atoms with E-state index < -0.39 is 16.1 Å². The van der Waals surface area contributed by atoms with E-state index in [0.717, 1.165) is 5.56 Å². The molecule has 6 nitrogen and oxygen atoms in total. The zero-order chi connectivity index (χ0) is 21.2. The number of halogens is 1. The van der Waals surface area contributed by atoms with Gasteiger partial charge in [-0.25, -0.2) is 12.8 Å². The van der Waals surface area contributed by atoms with Crippen LogP contribution < -0.4 is 10.0 Å². The van der Waals surface area contributed by atoms with E-state index in [2.05, 4.69) is 15.0 Å². The van der Waals surface area contributed by atoms with Crippen LogP contribution in [0.15, 0.2) is 52.4 Å². The maximum atomic E-state index is 13.4. The van der Waals surface area contributed by atoms with Crippen molar-refractivity contribution in [3.05, 3.63) is 65.0 Å². The van der Waals surface area contributed by atoms with Gasteiger partial charge in [0, 0.05) is 12.1 Å². The van der Waals surface area contributed by atoms with Crippen molar-refractivity contribution in [1.29, 1.82) is 0 Å². The molecule has 0 aliphatic carbocycles. The van der Waals surface area contributed by atoms with Gasteiger partial charge in [0.1, 0.15) is 17.7 Å². The maximum Gasteiger partial charge on any atom is 0.263 e. The molecular weight excluding hydrogens is 393 g/mol. The van der Waals surface area contributed by atoms with Gasteiger partial charge in [-0.15, -0.1) is 0 Å². The third-order valence-corrected chi connectivity index (χ3v) is 6.03. The van der Waals surface area contributed by atoms with Crippen molar-refractivity contribution in [2.75, 3.05) is 0 Å². The molecule has 3 rings (SSSR count). The second-order valence-corrected chi connectivity index (χ2v) is 9.18. The quantitative estimate of drug-likeness (QED) is 0.758. The number of rotatable bonds is 6. The van der Waals surface area contributed by atoms with Crippen molar-refractivity contribution >= 4 is 21.8 Å². The van der Waals surface area contributed by atoms with Gasteiger partial charge in [-0.2, -0.15) is 0 Å². The molecule has 2 N–H and O–H groups in total. The van der Waals surface area contributed by atoms with Crippen molar-refractivity contribution in [2.24, 2.45) is 10.9 Å². The second-order valence-electron chi connectivity index (χ2n) is 7.53. The molecule has 1 aliphatic heterocycles. The van der Waals surface area contributed by atoms with Crippen LogP contribution >= 0.6 is 0 Å². The first-order valence-electron chi connectivity index (χ1n) is 9.40. The maximum absolute atomic E-state index is 13.4. The highest BCUT2D eigenvalue weighted by molar-refractivity contribution is 7.90. The fraction of sp³-hybridized carbons (Fsp3) is 0.333. The first-order chi connectivity index (χ1) is 13.7. The van der Waals surface area contributed by atoms with Crippen LogP contribution in [0.2, 0.25) is 0 Å². The van der Waals surface area contributed by atoms with Gasteiger partial charge in [-0.3, -0.25) is 14.5 Å². The molecule has 0 spiro atoms. The highest BCUT2D eigenvalue weighted by atomic mass is 32.2. The van der Waals surface area contributed by atoms with Gasteiger partial charge in [-0.1, -0.05) is 38.1 Å². The van der Waals surface area contributed by atoms with Gasteiger partial charge in [0.25, 0.3) is 10.0 Å². The number of aryl methyl sites for hydroxylation is 1. The van der Waals surface area contributed by atoms with Crippen LogP contribution in [0.5, 0.6) is 0 Å². The Bertz CT molecular complexity index is 1060. The standard InChI is InChI=1S/C21H24FN3O3S/c1-13(2)10-18(21(26)23-12-15-8-9-17(22)14(3)11-15)24-20-16-6-4-5-7-19(16)29(27,28)25-20/h4-9,11,13,18H,10,12H2,1-3H3,(H,23,26)(H,24,25)/t18-/m0/s1. The molecule has 1 atom stereocenters. The van der Waals surface area contributed by atoms with Gasteiger partial charge in [0.15, 0.2) is 0 Å². The molecule has 2 aromatic rings. The minimum absolute atomic E-state index is 0.157. The minimum Gasteiger partial charge on any atom is -0.350 e. The average Bonchev–Trinajstić information content (AvgIpc) is 2.92. The van der Waals surface area contributed by atoms with Crippen LogP contribution in [-0.2, 0) is 21.4 Å². The van der Waals surface area contributed by atoms with Crippen LogP contribution in [0.25, 0.3) is 0 Å². The molecule has 0 aromatic heterocycles. The number of benzene rings is 2. The lowest BCUT2D eigenvalue weighted by Gasteiger charge is -2.16. The molecule has 1 heterocycles. The average molecular weight is 418 g/mol. The molecule has 0 saturated carbocycles. The summed E-state index contributed by atoms with van der Waals surface area (Å²) in [5.41, 5.74) is 1.75. The van der Waals surface area contributed by atoms with Gasteiger partial charge in [-0.05, 0) is 48.6 Å². The molecule has 1 aliphatic rings. The SMILES string of the molecule is Cc1cc(CNC(=O)[C@H](CC(C)C)N=C2NS(=O)(=O)c3ccccc32)ccc1F. The number of nitrogens with one attached hydrogen (secondary N) is 2. The van der Waals surface area contributed by atoms with Crippen molar-refractivity contribution < 1.29 is 17.6 Å². The third-order valence-electron chi connectivity index (χ3n) is 4.63. The number of carbonyl (C=O) groups is 1. The fourth-order valence-corrected chi connectivity index (χ4v) is 4.41. The molecule has 29 heavy (non-hydrogen) atoms. The van der Waals surface area contributed by atoms with E-state index >= 15 is 0 Å². The summed E-state index contributed by atoms with van der Waals surface area (Å²) in [7, 11) is -3.67. The Labute approximate surface area is 170 Å². The summed E-state index contributed by atoms with van der Waals surface area (Å²) in [6.07, 6.45) is 0.460. The van der Waals surface area contributed by atoms with E-state index in [1.54, 1.807) is 37.3 Å². The topological polar surface area (TPSA) is 87.6 Å². The summed E-state index contributed by atoms with van der Waals surface area (Å²) in [6, 6.07) is 10.5. The van der Waals surface area contributed by atoms with Crippen LogP contribution in [-0.4, -0.2) is 26.2 Å². The van der Waals surface area contributed by atoms with Crippen LogP contribution in [0, 0.1) is 18.7 Å². The van der Waals surface area contributed by atoms with Crippen molar-refractivity contribution in [1.82, 2.24) is 10.0 Å². The molecule has 154 valence electrons. The summed E-state index contributed by atoms with van der Waals surface area (Å²) in [4.78, 5) is 17.4. The summed E-state index contributed by atoms with van der Waals surface area (Å²) in [5.74, 6) is -0.247. The van der Waals surface area contributed by atoms with E-state index in [1.807, 2.05) is 13.8 Å². The Morgan fingerprint density at radius 2 is 1.93 bits per heavy atom. The number of hydrogen-bond donors (Lipinski definition) is 2.